The number of hydrogen-bond acceptors (Lipinski definition) is 2. The van der Waals surface area contributed by atoms with Crippen LogP contribution in [-0.2, 0) is 6.42 Å². The van der Waals surface area contributed by atoms with E-state index in [9.17, 15) is 4.39 Å². The molecule has 0 aliphatic carbocycles. The van der Waals surface area contributed by atoms with E-state index in [-0.39, 0.29) is 5.82 Å². The molecule has 1 rings (SSSR count). The minimum Gasteiger partial charge on any atom is -0.402 e. The first-order chi connectivity index (χ1) is 7.51. The highest BCUT2D eigenvalue weighted by molar-refractivity contribution is 6.09. The maximum atomic E-state index is 13.7. The maximum absolute atomic E-state index is 13.7. The summed E-state index contributed by atoms with van der Waals surface area (Å²) in [6, 6.07) is 3.38. The van der Waals surface area contributed by atoms with Crippen molar-refractivity contribution >= 4 is 11.8 Å². The molecule has 0 amide bonds. The van der Waals surface area contributed by atoms with E-state index < -0.39 is 0 Å². The molecule has 0 spiro atoms. The van der Waals surface area contributed by atoms with E-state index in [2.05, 4.69) is 0 Å². The molecule has 1 aromatic carbocycles. The normalized spacial score (nSPS) is 12.2. The Kier molecular flexibility index (Phi) is 3.82. The van der Waals surface area contributed by atoms with Crippen molar-refractivity contribution in [1.82, 2.24) is 0 Å². The van der Waals surface area contributed by atoms with E-state index in [0.717, 1.165) is 11.1 Å². The lowest BCUT2D eigenvalue weighted by atomic mass is 9.95. The summed E-state index contributed by atoms with van der Waals surface area (Å²) in [5.41, 5.74) is 9.03. The van der Waals surface area contributed by atoms with E-state index in [1.807, 2.05) is 19.9 Å². The average Bonchev–Trinajstić information content (AvgIpc) is 2.17. The van der Waals surface area contributed by atoms with E-state index >= 15 is 0 Å². The van der Waals surface area contributed by atoms with Crippen molar-refractivity contribution in [1.29, 1.82) is 5.41 Å². The van der Waals surface area contributed by atoms with Crippen molar-refractivity contribution in [3.8, 4) is 0 Å². The van der Waals surface area contributed by atoms with Gasteiger partial charge in [0.25, 0.3) is 0 Å². The largest absolute Gasteiger partial charge is 0.402 e. The highest BCUT2D eigenvalue weighted by atomic mass is 19.1. The van der Waals surface area contributed by atoms with Crippen LogP contribution < -0.4 is 5.73 Å². The van der Waals surface area contributed by atoms with Gasteiger partial charge in [0.2, 0.25) is 0 Å². The lowest BCUT2D eigenvalue weighted by Gasteiger charge is -2.12. The van der Waals surface area contributed by atoms with Gasteiger partial charge in [0.1, 0.15) is 5.82 Å². The molecule has 16 heavy (non-hydrogen) atoms. The van der Waals surface area contributed by atoms with Gasteiger partial charge in [-0.3, -0.25) is 0 Å². The van der Waals surface area contributed by atoms with Crippen LogP contribution in [0, 0.1) is 18.2 Å². The Morgan fingerprint density at radius 3 is 2.56 bits per heavy atom. The van der Waals surface area contributed by atoms with Crippen molar-refractivity contribution in [2.45, 2.75) is 27.2 Å². The van der Waals surface area contributed by atoms with Crippen LogP contribution in [0.4, 0.5) is 4.39 Å². The molecule has 0 fully saturated rings. The first-order valence-electron chi connectivity index (χ1n) is 5.27. The van der Waals surface area contributed by atoms with Crippen molar-refractivity contribution in [3.63, 3.8) is 0 Å². The summed E-state index contributed by atoms with van der Waals surface area (Å²) in [4.78, 5) is 0. The molecule has 1 aromatic rings. The van der Waals surface area contributed by atoms with Gasteiger partial charge < -0.3 is 11.1 Å². The van der Waals surface area contributed by atoms with Crippen molar-refractivity contribution in [2.75, 3.05) is 0 Å². The molecule has 0 saturated heterocycles. The van der Waals surface area contributed by atoms with Gasteiger partial charge in [-0.15, -0.1) is 0 Å². The Hall–Kier alpha value is -1.64. The Balaban J connectivity index is 3.54. The van der Waals surface area contributed by atoms with Crippen LogP contribution in [-0.4, -0.2) is 6.21 Å². The molecule has 0 atom stereocenters. The Labute approximate surface area is 95.5 Å². The second-order valence-corrected chi connectivity index (χ2v) is 3.87. The molecule has 0 bridgehead atoms. The Morgan fingerprint density at radius 2 is 2.12 bits per heavy atom. The fraction of sp³-hybridized carbons (Fsp3) is 0.308. The molecule has 86 valence electrons. The molecule has 0 aliphatic heterocycles. The number of hydrogen-bond donors (Lipinski definition) is 2. The van der Waals surface area contributed by atoms with Crippen LogP contribution in [0.5, 0.6) is 0 Å². The van der Waals surface area contributed by atoms with Gasteiger partial charge in [0.05, 0.1) is 0 Å². The molecule has 0 aliphatic rings. The summed E-state index contributed by atoms with van der Waals surface area (Å²) in [6.45, 7) is 5.45. The number of aryl methyl sites for hydroxylation is 1. The zero-order chi connectivity index (χ0) is 12.3. The average molecular weight is 220 g/mol. The van der Waals surface area contributed by atoms with Gasteiger partial charge in [-0.2, -0.15) is 0 Å². The molecule has 0 radical (unpaired) electrons. The van der Waals surface area contributed by atoms with Gasteiger partial charge in [0.15, 0.2) is 0 Å². The van der Waals surface area contributed by atoms with E-state index in [4.69, 9.17) is 11.1 Å². The summed E-state index contributed by atoms with van der Waals surface area (Å²) >= 11 is 0. The van der Waals surface area contributed by atoms with E-state index in [1.165, 1.54) is 12.3 Å². The molecule has 2 nitrogen and oxygen atoms in total. The van der Waals surface area contributed by atoms with Crippen molar-refractivity contribution < 1.29 is 4.39 Å². The quantitative estimate of drug-likeness (QED) is 0.756. The molecule has 0 heterocycles. The number of rotatable bonds is 3. The lowest BCUT2D eigenvalue weighted by molar-refractivity contribution is 0.610. The predicted molar refractivity (Wildman–Crippen MR) is 66.1 cm³/mol. The number of nitrogens with one attached hydrogen (secondary N) is 1. The highest BCUT2D eigenvalue weighted by Gasteiger charge is 2.12. The maximum Gasteiger partial charge on any atom is 0.127 e. The first-order valence-corrected chi connectivity index (χ1v) is 5.27. The number of allylic oxidation sites excluding steroid dienone is 2. The predicted octanol–water partition coefficient (Wildman–Crippen LogP) is 3.04. The van der Waals surface area contributed by atoms with Crippen LogP contribution in [0.25, 0.3) is 5.57 Å². The molecular formula is C13H17FN2. The number of nitrogens with two attached hydrogens (primary N) is 1. The fourth-order valence-electron chi connectivity index (χ4n) is 1.78. The number of halogens is 1. The minimum absolute atomic E-state index is 0.224. The molecule has 3 N–H and O–H groups in total. The molecule has 0 saturated carbocycles. The van der Waals surface area contributed by atoms with Gasteiger partial charge in [-0.05, 0) is 43.0 Å². The van der Waals surface area contributed by atoms with E-state index in [1.54, 1.807) is 6.92 Å². The van der Waals surface area contributed by atoms with Crippen LogP contribution in [0.2, 0.25) is 0 Å². The topological polar surface area (TPSA) is 49.9 Å². The first kappa shape index (κ1) is 12.4. The van der Waals surface area contributed by atoms with Crippen LogP contribution in [0.3, 0.4) is 0 Å². The van der Waals surface area contributed by atoms with Crippen LogP contribution in [0.1, 0.15) is 30.5 Å². The molecular weight excluding hydrogens is 203 g/mol. The summed E-state index contributed by atoms with van der Waals surface area (Å²) in [7, 11) is 0. The van der Waals surface area contributed by atoms with Crippen molar-refractivity contribution in [2.24, 2.45) is 5.73 Å². The molecule has 3 heteroatoms. The smallest absolute Gasteiger partial charge is 0.127 e. The van der Waals surface area contributed by atoms with Gasteiger partial charge in [-0.25, -0.2) is 4.39 Å². The third-order valence-electron chi connectivity index (χ3n) is 2.55. The third-order valence-corrected chi connectivity index (χ3v) is 2.55. The Bertz CT molecular complexity index is 443. The summed E-state index contributed by atoms with van der Waals surface area (Å²) in [5, 5.41) is 7.36. The highest BCUT2D eigenvalue weighted by Crippen LogP contribution is 2.24. The van der Waals surface area contributed by atoms with Gasteiger partial charge >= 0.3 is 0 Å². The third kappa shape index (κ3) is 2.30. The monoisotopic (exact) mass is 220 g/mol. The summed E-state index contributed by atoms with van der Waals surface area (Å²) in [5.74, 6) is -0.224. The zero-order valence-electron chi connectivity index (χ0n) is 9.89. The Morgan fingerprint density at radius 1 is 1.50 bits per heavy atom. The lowest BCUT2D eigenvalue weighted by Crippen LogP contribution is -2.04. The van der Waals surface area contributed by atoms with E-state index in [0.29, 0.717) is 23.3 Å². The molecule has 0 unspecified atom stereocenters. The number of benzene rings is 1. The van der Waals surface area contributed by atoms with Gasteiger partial charge in [0, 0.05) is 17.5 Å². The fourth-order valence-corrected chi connectivity index (χ4v) is 1.78. The van der Waals surface area contributed by atoms with Crippen LogP contribution in [0.15, 0.2) is 17.8 Å². The second kappa shape index (κ2) is 4.92. The summed E-state index contributed by atoms with van der Waals surface area (Å²) < 4.78 is 13.7. The van der Waals surface area contributed by atoms with Gasteiger partial charge in [-0.1, -0.05) is 13.0 Å². The van der Waals surface area contributed by atoms with Crippen LogP contribution >= 0.6 is 0 Å². The molecule has 0 aromatic heterocycles. The standard InChI is InChI=1S/C13H17FN2/c1-4-10-11(12(7-15)9(3)16)5-8(2)6-13(10)14/h5-7,15H,4,16H2,1-3H3/b12-9+,15-7?. The van der Waals surface area contributed by atoms with Crippen molar-refractivity contribution in [3.05, 3.63) is 40.3 Å². The summed E-state index contributed by atoms with van der Waals surface area (Å²) in [6.07, 6.45) is 1.77. The zero-order valence-corrected chi connectivity index (χ0v) is 9.89. The minimum atomic E-state index is -0.224. The SMILES string of the molecule is CCc1c(F)cc(C)cc1/C(C=N)=C(\C)N. The second-order valence-electron chi connectivity index (χ2n) is 3.87.